The fraction of sp³-hybridized carbons (Fsp3) is 0.222. The Balaban J connectivity index is 1.93. The monoisotopic (exact) mass is 391 g/mol. The first kappa shape index (κ1) is 20.4. The van der Waals surface area contributed by atoms with Crippen molar-refractivity contribution in [2.24, 2.45) is 0 Å². The molecule has 2 aromatic rings. The Hall–Kier alpha value is -2.91. The van der Waals surface area contributed by atoms with Crippen LogP contribution in [0.4, 0.5) is 0 Å². The number of furan rings is 1. The van der Waals surface area contributed by atoms with Gasteiger partial charge in [0.1, 0.15) is 5.76 Å². The standard InChI is InChI=1S/C18H21N3O5S/c1-3-10-20-27(24,25)16-8-6-14(7-9-16)18(23)21(2)13-17(22)19-12-15-5-4-11-26-15/h3-9,11,20H,1,10,12-13H2,2H3,(H,19,22). The Bertz CT molecular complexity index is 890. The van der Waals surface area contributed by atoms with Crippen LogP contribution in [0.5, 0.6) is 0 Å². The molecule has 27 heavy (non-hydrogen) atoms. The summed E-state index contributed by atoms with van der Waals surface area (Å²) in [5, 5.41) is 2.65. The van der Waals surface area contributed by atoms with Gasteiger partial charge in [0, 0.05) is 19.2 Å². The highest BCUT2D eigenvalue weighted by atomic mass is 32.2. The summed E-state index contributed by atoms with van der Waals surface area (Å²) in [6.07, 6.45) is 2.94. The minimum Gasteiger partial charge on any atom is -0.467 e. The largest absolute Gasteiger partial charge is 0.467 e. The summed E-state index contributed by atoms with van der Waals surface area (Å²) in [7, 11) is -2.16. The van der Waals surface area contributed by atoms with Gasteiger partial charge in [-0.25, -0.2) is 13.1 Å². The normalized spacial score (nSPS) is 11.0. The molecular weight excluding hydrogens is 370 g/mol. The topological polar surface area (TPSA) is 109 Å². The molecule has 0 aliphatic carbocycles. The first-order valence-electron chi connectivity index (χ1n) is 8.08. The number of hydrogen-bond donors (Lipinski definition) is 2. The van der Waals surface area contributed by atoms with Gasteiger partial charge in [0.15, 0.2) is 0 Å². The number of likely N-dealkylation sites (N-methyl/N-ethyl adjacent to an activating group) is 1. The maximum absolute atomic E-state index is 12.4. The second kappa shape index (κ2) is 9.15. The number of nitrogens with one attached hydrogen (secondary N) is 2. The summed E-state index contributed by atoms with van der Waals surface area (Å²) in [6, 6.07) is 8.93. The number of nitrogens with zero attached hydrogens (tertiary/aromatic N) is 1. The van der Waals surface area contributed by atoms with Crippen LogP contribution in [0.25, 0.3) is 0 Å². The number of benzene rings is 1. The van der Waals surface area contributed by atoms with E-state index in [0.717, 1.165) is 0 Å². The molecule has 8 nitrogen and oxygen atoms in total. The predicted octanol–water partition coefficient (Wildman–Crippen LogP) is 1.13. The molecule has 1 heterocycles. The molecule has 0 unspecified atom stereocenters. The fourth-order valence-electron chi connectivity index (χ4n) is 2.19. The van der Waals surface area contributed by atoms with E-state index in [1.807, 2.05) is 0 Å². The van der Waals surface area contributed by atoms with Crippen LogP contribution in [0.3, 0.4) is 0 Å². The summed E-state index contributed by atoms with van der Waals surface area (Å²) in [5.41, 5.74) is 0.277. The number of carbonyl (C=O) groups excluding carboxylic acids is 2. The first-order chi connectivity index (χ1) is 12.8. The van der Waals surface area contributed by atoms with E-state index in [-0.39, 0.29) is 36.0 Å². The summed E-state index contributed by atoms with van der Waals surface area (Å²) in [6.45, 7) is 3.66. The molecule has 2 rings (SSSR count). The lowest BCUT2D eigenvalue weighted by atomic mass is 10.2. The molecule has 1 aromatic carbocycles. The van der Waals surface area contributed by atoms with E-state index in [0.29, 0.717) is 5.76 Å². The van der Waals surface area contributed by atoms with Gasteiger partial charge >= 0.3 is 0 Å². The van der Waals surface area contributed by atoms with Crippen LogP contribution in [-0.2, 0) is 21.4 Å². The molecule has 144 valence electrons. The van der Waals surface area contributed by atoms with E-state index in [2.05, 4.69) is 16.6 Å². The Kier molecular flexibility index (Phi) is 6.91. The van der Waals surface area contributed by atoms with Crippen LogP contribution < -0.4 is 10.0 Å². The number of carbonyl (C=O) groups is 2. The SMILES string of the molecule is C=CCNS(=O)(=O)c1ccc(C(=O)N(C)CC(=O)NCc2ccco2)cc1. The second-order valence-electron chi connectivity index (χ2n) is 5.68. The van der Waals surface area contributed by atoms with Crippen LogP contribution in [0.1, 0.15) is 16.1 Å². The molecular formula is C18H21N3O5S. The molecule has 2 amide bonds. The van der Waals surface area contributed by atoms with Gasteiger partial charge < -0.3 is 14.6 Å². The van der Waals surface area contributed by atoms with Crippen LogP contribution >= 0.6 is 0 Å². The lowest BCUT2D eigenvalue weighted by molar-refractivity contribution is -0.121. The minimum atomic E-state index is -3.65. The lowest BCUT2D eigenvalue weighted by Gasteiger charge is -2.17. The summed E-state index contributed by atoms with van der Waals surface area (Å²) in [4.78, 5) is 25.6. The second-order valence-corrected chi connectivity index (χ2v) is 7.45. The fourth-order valence-corrected chi connectivity index (χ4v) is 3.19. The summed E-state index contributed by atoms with van der Waals surface area (Å²) >= 11 is 0. The van der Waals surface area contributed by atoms with E-state index >= 15 is 0 Å². The lowest BCUT2D eigenvalue weighted by Crippen LogP contribution is -2.38. The van der Waals surface area contributed by atoms with Gasteiger partial charge in [-0.15, -0.1) is 6.58 Å². The molecule has 0 saturated heterocycles. The highest BCUT2D eigenvalue weighted by Crippen LogP contribution is 2.12. The molecule has 0 bridgehead atoms. The Morgan fingerprint density at radius 3 is 2.52 bits per heavy atom. The first-order valence-corrected chi connectivity index (χ1v) is 9.57. The van der Waals surface area contributed by atoms with Crippen molar-refractivity contribution >= 4 is 21.8 Å². The van der Waals surface area contributed by atoms with Gasteiger partial charge in [-0.2, -0.15) is 0 Å². The molecule has 0 aliphatic rings. The molecule has 0 radical (unpaired) electrons. The van der Waals surface area contributed by atoms with Crippen molar-refractivity contribution in [1.29, 1.82) is 0 Å². The Labute approximate surface area is 157 Å². The third-order valence-electron chi connectivity index (χ3n) is 3.60. The molecule has 0 spiro atoms. The van der Waals surface area contributed by atoms with Crippen LogP contribution in [0.2, 0.25) is 0 Å². The molecule has 9 heteroatoms. The van der Waals surface area contributed by atoms with Crippen molar-refractivity contribution in [3.63, 3.8) is 0 Å². The van der Waals surface area contributed by atoms with Crippen molar-refractivity contribution in [2.75, 3.05) is 20.1 Å². The van der Waals surface area contributed by atoms with Crippen molar-refractivity contribution < 1.29 is 22.4 Å². The molecule has 2 N–H and O–H groups in total. The van der Waals surface area contributed by atoms with E-state index in [1.165, 1.54) is 48.6 Å². The van der Waals surface area contributed by atoms with Crippen molar-refractivity contribution in [2.45, 2.75) is 11.4 Å². The van der Waals surface area contributed by atoms with Gasteiger partial charge in [-0.1, -0.05) is 6.08 Å². The van der Waals surface area contributed by atoms with E-state index < -0.39 is 15.9 Å². The summed E-state index contributed by atoms with van der Waals surface area (Å²) in [5.74, 6) is -0.125. The number of hydrogen-bond acceptors (Lipinski definition) is 5. The molecule has 0 fully saturated rings. The maximum atomic E-state index is 12.4. The molecule has 1 aromatic heterocycles. The zero-order valence-electron chi connectivity index (χ0n) is 14.8. The third kappa shape index (κ3) is 5.80. The van der Waals surface area contributed by atoms with E-state index in [9.17, 15) is 18.0 Å². The van der Waals surface area contributed by atoms with Gasteiger partial charge in [-0.05, 0) is 36.4 Å². The highest BCUT2D eigenvalue weighted by Gasteiger charge is 2.17. The van der Waals surface area contributed by atoms with E-state index in [4.69, 9.17) is 4.42 Å². The van der Waals surface area contributed by atoms with Gasteiger partial charge in [-0.3, -0.25) is 9.59 Å². The van der Waals surface area contributed by atoms with Crippen LogP contribution in [0, 0.1) is 0 Å². The zero-order valence-corrected chi connectivity index (χ0v) is 15.7. The quantitative estimate of drug-likeness (QED) is 0.623. The Morgan fingerprint density at radius 1 is 1.22 bits per heavy atom. The Morgan fingerprint density at radius 2 is 1.93 bits per heavy atom. The zero-order chi connectivity index (χ0) is 19.9. The number of rotatable bonds is 9. The van der Waals surface area contributed by atoms with Gasteiger partial charge in [0.25, 0.3) is 5.91 Å². The van der Waals surface area contributed by atoms with Crippen LogP contribution in [0.15, 0.2) is 64.6 Å². The predicted molar refractivity (Wildman–Crippen MR) is 99.3 cm³/mol. The smallest absolute Gasteiger partial charge is 0.254 e. The average Bonchev–Trinajstić information content (AvgIpc) is 3.18. The highest BCUT2D eigenvalue weighted by molar-refractivity contribution is 7.89. The summed E-state index contributed by atoms with van der Waals surface area (Å²) < 4.78 is 31.5. The molecule has 0 saturated carbocycles. The number of sulfonamides is 1. The molecule has 0 atom stereocenters. The van der Waals surface area contributed by atoms with E-state index in [1.54, 1.807) is 12.1 Å². The van der Waals surface area contributed by atoms with Crippen molar-refractivity contribution in [3.8, 4) is 0 Å². The maximum Gasteiger partial charge on any atom is 0.254 e. The van der Waals surface area contributed by atoms with Gasteiger partial charge in [0.2, 0.25) is 15.9 Å². The van der Waals surface area contributed by atoms with Crippen molar-refractivity contribution in [1.82, 2.24) is 14.9 Å². The third-order valence-corrected chi connectivity index (χ3v) is 5.04. The average molecular weight is 391 g/mol. The number of amides is 2. The van der Waals surface area contributed by atoms with Gasteiger partial charge in [0.05, 0.1) is 24.2 Å². The molecule has 0 aliphatic heterocycles. The van der Waals surface area contributed by atoms with Crippen molar-refractivity contribution in [3.05, 3.63) is 66.6 Å². The minimum absolute atomic E-state index is 0.0414. The van der Waals surface area contributed by atoms with Crippen LogP contribution in [-0.4, -0.2) is 45.3 Å².